The van der Waals surface area contributed by atoms with Crippen LogP contribution < -0.4 is 27.0 Å². The molecule has 0 radical (unpaired) electrons. The van der Waals surface area contributed by atoms with E-state index in [4.69, 9.17) is 46.0 Å². The van der Waals surface area contributed by atoms with Gasteiger partial charge >= 0.3 is 0 Å². The van der Waals surface area contributed by atoms with Crippen molar-refractivity contribution < 1.29 is 59.2 Å². The van der Waals surface area contributed by atoms with E-state index >= 15 is 0 Å². The normalized spacial score (nSPS) is 19.0. The largest absolute Gasteiger partial charge is 0.411 e. The molecule has 0 aliphatic carbocycles. The molecular formula is C106H120N28O12. The number of carbonyl (C=O) groups excluding carboxylic acids is 3. The van der Waals surface area contributed by atoms with E-state index in [0.29, 0.717) is 132 Å². The molecule has 10 aromatic heterocycles. The number of aliphatic hydroxyl groups excluding tert-OH is 2. The number of hydrogen-bond acceptors (Lipinski definition) is 34. The number of oxime groups is 3. The second kappa shape index (κ2) is 53.4. The number of amides is 3. The molecule has 0 saturated carbocycles. The van der Waals surface area contributed by atoms with Crippen LogP contribution in [0.25, 0.3) is 34.5 Å². The third kappa shape index (κ3) is 29.9. The number of nitrogens with two attached hydrogens (primary N) is 2. The summed E-state index contributed by atoms with van der Waals surface area (Å²) in [6, 6.07) is 49.1. The van der Waals surface area contributed by atoms with Crippen LogP contribution in [0.3, 0.4) is 0 Å². The molecule has 6 aliphatic heterocycles. The van der Waals surface area contributed by atoms with Crippen LogP contribution in [0, 0.1) is 47.4 Å². The number of anilines is 3. The van der Waals surface area contributed by atoms with E-state index in [2.05, 4.69) is 227 Å². The summed E-state index contributed by atoms with van der Waals surface area (Å²) >= 11 is 0. The molecule has 8 atom stereocenters. The van der Waals surface area contributed by atoms with Gasteiger partial charge in [0.1, 0.15) is 70.9 Å². The summed E-state index contributed by atoms with van der Waals surface area (Å²) in [7, 11) is 3.73. The van der Waals surface area contributed by atoms with Crippen LogP contribution in [0.1, 0.15) is 156 Å². The van der Waals surface area contributed by atoms with Crippen molar-refractivity contribution in [3.63, 3.8) is 0 Å². The number of ether oxygens (including phenoxy) is 4. The summed E-state index contributed by atoms with van der Waals surface area (Å²) in [5.74, 6) is 23.8. The van der Waals surface area contributed by atoms with Crippen molar-refractivity contribution in [2.45, 2.75) is 140 Å². The topological polar surface area (TPSA) is 491 Å². The average Bonchev–Trinajstić information content (AvgIpc) is 1.58. The van der Waals surface area contributed by atoms with Gasteiger partial charge in [-0.1, -0.05) is 143 Å². The third-order valence-corrected chi connectivity index (χ3v) is 24.2. The zero-order valence-corrected chi connectivity index (χ0v) is 81.9. The van der Waals surface area contributed by atoms with Crippen molar-refractivity contribution in [3.8, 4) is 47.4 Å². The Balaban J connectivity index is 0.000000145. The molecule has 0 bridgehead atoms. The molecule has 18 rings (SSSR count). The maximum atomic E-state index is 13.1. The number of hydrogen-bond donors (Lipinski definition) is 9. The number of piperazine rings is 2. The molecule has 0 unspecified atom stereocenters. The number of nitrogens with one attached hydrogen (secondary N) is 2. The summed E-state index contributed by atoms with van der Waals surface area (Å²) in [6.45, 7) is 26.1. The summed E-state index contributed by atoms with van der Waals surface area (Å²) in [5, 5.41) is 61.1. The quantitative estimate of drug-likeness (QED) is 0.00732. The van der Waals surface area contributed by atoms with E-state index in [1.54, 1.807) is 63.1 Å². The van der Waals surface area contributed by atoms with Crippen molar-refractivity contribution in [1.29, 1.82) is 0 Å². The molecule has 16 heterocycles. The van der Waals surface area contributed by atoms with Gasteiger partial charge in [-0.25, -0.2) is 54.8 Å². The summed E-state index contributed by atoms with van der Waals surface area (Å²) < 4.78 is 28.8. The molecule has 0 spiro atoms. The van der Waals surface area contributed by atoms with Crippen molar-refractivity contribution in [2.24, 2.45) is 22.5 Å². The molecule has 5 saturated heterocycles. The van der Waals surface area contributed by atoms with Gasteiger partial charge in [0.05, 0.1) is 72.8 Å². The molecule has 12 aromatic rings. The molecule has 3 amide bonds. The van der Waals surface area contributed by atoms with Gasteiger partial charge in [0.25, 0.3) is 17.7 Å². The van der Waals surface area contributed by atoms with Gasteiger partial charge in [0.15, 0.2) is 64.9 Å². The summed E-state index contributed by atoms with van der Waals surface area (Å²) in [5.41, 5.74) is 23.8. The van der Waals surface area contributed by atoms with Gasteiger partial charge in [-0.3, -0.25) is 43.2 Å². The van der Waals surface area contributed by atoms with E-state index in [1.807, 2.05) is 99.6 Å². The predicted octanol–water partition coefficient (Wildman–Crippen LogP) is 8.22. The van der Waals surface area contributed by atoms with Gasteiger partial charge in [-0.2, -0.15) is 0 Å². The Morgan fingerprint density at radius 1 is 0.479 bits per heavy atom. The molecule has 11 N–H and O–H groups in total. The molecule has 40 heteroatoms. The molecule has 146 heavy (non-hydrogen) atoms. The third-order valence-electron chi connectivity index (χ3n) is 24.2. The average molecular weight is 1980 g/mol. The number of unbranched alkanes of at least 4 members (excludes halogenated alkanes) is 3. The van der Waals surface area contributed by atoms with E-state index in [9.17, 15) is 24.6 Å². The highest BCUT2D eigenvalue weighted by Crippen LogP contribution is 2.44. The lowest BCUT2D eigenvalue weighted by molar-refractivity contribution is -0.197. The smallest absolute Gasteiger partial charge is 0.275 e. The number of nitrogen functional groups attached to an aromatic ring is 2. The summed E-state index contributed by atoms with van der Waals surface area (Å²) in [6.07, 6.45) is 13.8. The van der Waals surface area contributed by atoms with Gasteiger partial charge in [0.2, 0.25) is 0 Å². The second-order valence-corrected chi connectivity index (χ2v) is 35.2. The molecule has 756 valence electrons. The Labute approximate surface area is 846 Å². The number of fused-ring (bicyclic) bond motifs is 4. The van der Waals surface area contributed by atoms with Crippen LogP contribution in [-0.2, 0) is 55.1 Å². The number of aliphatic hydroxyl groups is 2. The maximum absolute atomic E-state index is 13.1. The van der Waals surface area contributed by atoms with E-state index in [1.165, 1.54) is 59.7 Å². The lowest BCUT2D eigenvalue weighted by Crippen LogP contribution is -2.46. The minimum atomic E-state index is -1.42. The fourth-order valence-corrected chi connectivity index (χ4v) is 16.9. The number of carbonyl (C=O) groups is 3. The van der Waals surface area contributed by atoms with Gasteiger partial charge in [0, 0.05) is 137 Å². The SMILES string of the molecule is C=Cc1cccc(C#CCCCNC(=O)[C@H]2O[C@@H](n3cnc4c(N)ncnc43)[C@@H]3OC(C)(C)O[C@@H]32)n1.C=Cc1cccc(C#CCCCNC(=O)[C@H]2O[C@@H](n3cnc4c(N)ncnc43)[C@H](O)[C@@H]2O)n1.CN1CN(CCC#Cc2cccc(/C=N\O)n2)C(=O)c2c1ncn2C.O/N=C/c1cccc(C#CCCN2CCN(Cc3ccccc3)CC2)n1.O/N=C/c1cccc(CCCCN2CCN(Cc3ccccc3)CC2)n1. The Morgan fingerprint density at radius 3 is 1.42 bits per heavy atom. The molecule has 2 aromatic carbocycles. The number of aryl methyl sites for hydroxylation is 2. The van der Waals surface area contributed by atoms with E-state index in [0.717, 1.165) is 115 Å². The Morgan fingerprint density at radius 2 is 0.918 bits per heavy atom. The number of benzene rings is 2. The fraction of sp³-hybridized carbons (Fsp3) is 0.358. The fourth-order valence-electron chi connectivity index (χ4n) is 16.9. The van der Waals surface area contributed by atoms with Crippen LogP contribution in [0.4, 0.5) is 17.5 Å². The first-order chi connectivity index (χ1) is 71.1. The van der Waals surface area contributed by atoms with Crippen LogP contribution in [0.15, 0.2) is 212 Å². The second-order valence-electron chi connectivity index (χ2n) is 35.2. The maximum Gasteiger partial charge on any atom is 0.275 e. The van der Waals surface area contributed by atoms with Crippen LogP contribution in [0.2, 0.25) is 0 Å². The van der Waals surface area contributed by atoms with Gasteiger partial charge in [-0.15, -0.1) is 0 Å². The van der Waals surface area contributed by atoms with Gasteiger partial charge in [-0.05, 0) is 160 Å². The molecule has 5 fully saturated rings. The molecule has 40 nitrogen and oxygen atoms in total. The number of rotatable bonds is 28. The Hall–Kier alpha value is -16.0. The lowest BCUT2D eigenvalue weighted by Gasteiger charge is -2.34. The molecular weight excluding hydrogens is 1860 g/mol. The van der Waals surface area contributed by atoms with Crippen molar-refractivity contribution in [1.82, 2.24) is 109 Å². The van der Waals surface area contributed by atoms with Crippen molar-refractivity contribution >= 4 is 88.3 Å². The minimum Gasteiger partial charge on any atom is -0.411 e. The first kappa shape index (κ1) is 106. The van der Waals surface area contributed by atoms with Crippen LogP contribution >= 0.6 is 0 Å². The highest BCUT2D eigenvalue weighted by molar-refractivity contribution is 5.99. The zero-order chi connectivity index (χ0) is 103. The lowest BCUT2D eigenvalue weighted by atomic mass is 10.1. The number of aromatic nitrogens is 15. The Kier molecular flexibility index (Phi) is 38.7. The van der Waals surface area contributed by atoms with E-state index < -0.39 is 60.8 Å². The van der Waals surface area contributed by atoms with E-state index in [-0.39, 0.29) is 23.5 Å². The standard InChI is InChI=1S/C25H27N7O4.C22H23N7O4.C21H28N4O.C21H24N4O.C17H18N6O2/c1-4-15-10-8-11-16(31-15)9-6-5-7-12-27-23(33)19-18-20(36-25(2,3)35-18)24(34-19)32-14-30-17-21(26)28-13-29-22(17)32;1-2-13-8-6-9-14(28-13)7-4-3-5-10-24-21(32)18-16(30)17(31)22(33-18)29-12-27-15-19(23)25-11-26-20(15)29;2*26-22-17-21-11-6-10-20(23-21)9-4-5-12-24-13-15-25(16-14-24)18-19-7-2-1-3-8-19;1-21-11-18-16-15(21)17(24)23(12-22(16)2)9-4-3-6-13-7-5-8-14(20-13)10-19-25/h4,8,10-11,13-14,18-20,24H,1,5,7,12H2,2-3H3,(H,27,33)(H2,26,28,29);2,6,8-9,11-12,16-18,22,30-31H,1,3,5,10H2,(H,24,32)(H2,23,25,26);1-3,6-8,10-11,17,26H,4-5,9,12-16,18H2;1-3,6-8,10-11,17,26H,5,12-16,18H2;5,7-8,10-11,25H,4,9,12H2,1-2H3/b;;2*22-17+;19-10-/t18-,19+,20-,24-;16-,17+,18-,22+;;;/m10.../s1. The highest BCUT2D eigenvalue weighted by atomic mass is 16.8. The monoisotopic (exact) mass is 1980 g/mol. The highest BCUT2D eigenvalue weighted by Gasteiger charge is 2.58. The number of pyridine rings is 5. The van der Waals surface area contributed by atoms with Crippen LogP contribution in [0.5, 0.6) is 0 Å². The number of imidazole rings is 3. The van der Waals surface area contributed by atoms with Crippen molar-refractivity contribution in [2.75, 3.05) is 115 Å². The van der Waals surface area contributed by atoms with Crippen LogP contribution in [-0.4, -0.2) is 301 Å². The number of nitrogens with zero attached hydrogens (tertiary/aromatic N) is 24. The predicted molar refractivity (Wildman–Crippen MR) is 551 cm³/mol. The summed E-state index contributed by atoms with van der Waals surface area (Å²) in [4.78, 5) is 103. The first-order valence-corrected chi connectivity index (χ1v) is 48.1. The molecule has 6 aliphatic rings. The first-order valence-electron chi connectivity index (χ1n) is 48.1. The van der Waals surface area contributed by atoms with Crippen molar-refractivity contribution in [3.05, 3.63) is 270 Å². The minimum absolute atomic E-state index is 0.0332. The van der Waals surface area contributed by atoms with Gasteiger partial charge < -0.3 is 86.2 Å². The Bertz CT molecular complexity index is 6760. The zero-order valence-electron chi connectivity index (χ0n) is 81.9.